The van der Waals surface area contributed by atoms with E-state index in [9.17, 15) is 5.11 Å². The number of rotatable bonds is 4. The van der Waals surface area contributed by atoms with E-state index in [1.807, 2.05) is 0 Å². The van der Waals surface area contributed by atoms with Crippen molar-refractivity contribution in [2.24, 2.45) is 5.92 Å². The Morgan fingerprint density at radius 2 is 2.29 bits per heavy atom. The van der Waals surface area contributed by atoms with Gasteiger partial charge in [0.2, 0.25) is 0 Å². The van der Waals surface area contributed by atoms with E-state index in [0.29, 0.717) is 5.92 Å². The Balaban J connectivity index is 2.47. The lowest BCUT2D eigenvalue weighted by atomic mass is 9.76. The zero-order valence-corrected chi connectivity index (χ0v) is 9.75. The maximum atomic E-state index is 9.95. The van der Waals surface area contributed by atoms with Gasteiger partial charge in [-0.25, -0.2) is 0 Å². The standard InChI is InChI=1S/C12H24O2/c1-4-6-11(13)10-7-5-8-12(2,9-10)14-3/h10-11,13H,4-9H2,1-3H3. The molecule has 0 heterocycles. The highest BCUT2D eigenvalue weighted by molar-refractivity contribution is 4.86. The van der Waals surface area contributed by atoms with Crippen LogP contribution in [0.3, 0.4) is 0 Å². The molecule has 0 saturated heterocycles. The summed E-state index contributed by atoms with van der Waals surface area (Å²) in [7, 11) is 1.79. The van der Waals surface area contributed by atoms with E-state index in [-0.39, 0.29) is 11.7 Å². The molecular weight excluding hydrogens is 176 g/mol. The first-order valence-electron chi connectivity index (χ1n) is 5.84. The Morgan fingerprint density at radius 1 is 1.57 bits per heavy atom. The van der Waals surface area contributed by atoms with Crippen molar-refractivity contribution in [2.75, 3.05) is 7.11 Å². The lowest BCUT2D eigenvalue weighted by molar-refractivity contribution is -0.0631. The van der Waals surface area contributed by atoms with Crippen LogP contribution in [0, 0.1) is 5.92 Å². The van der Waals surface area contributed by atoms with Crippen LogP contribution in [0.15, 0.2) is 0 Å². The fourth-order valence-electron chi connectivity index (χ4n) is 2.54. The molecule has 1 N–H and O–H groups in total. The fraction of sp³-hybridized carbons (Fsp3) is 1.00. The minimum absolute atomic E-state index is 0.0115. The molecule has 3 unspecified atom stereocenters. The van der Waals surface area contributed by atoms with Crippen LogP contribution in [0.2, 0.25) is 0 Å². The van der Waals surface area contributed by atoms with Crippen molar-refractivity contribution >= 4 is 0 Å². The molecule has 0 bridgehead atoms. The van der Waals surface area contributed by atoms with Crippen molar-refractivity contribution in [3.63, 3.8) is 0 Å². The molecular formula is C12H24O2. The van der Waals surface area contributed by atoms with E-state index < -0.39 is 0 Å². The van der Waals surface area contributed by atoms with E-state index in [0.717, 1.165) is 25.7 Å². The van der Waals surface area contributed by atoms with Crippen LogP contribution in [-0.4, -0.2) is 23.9 Å². The lowest BCUT2D eigenvalue weighted by Gasteiger charge is -2.38. The molecule has 0 aromatic heterocycles. The number of hydrogen-bond acceptors (Lipinski definition) is 2. The molecule has 0 radical (unpaired) electrons. The first kappa shape index (κ1) is 12.0. The van der Waals surface area contributed by atoms with Gasteiger partial charge in [-0.3, -0.25) is 0 Å². The van der Waals surface area contributed by atoms with Crippen molar-refractivity contribution < 1.29 is 9.84 Å². The summed E-state index contributed by atoms with van der Waals surface area (Å²) in [6.07, 6.45) is 6.40. The van der Waals surface area contributed by atoms with Gasteiger partial charge < -0.3 is 9.84 Å². The molecule has 1 aliphatic rings. The molecule has 0 amide bonds. The van der Waals surface area contributed by atoms with Crippen molar-refractivity contribution in [1.82, 2.24) is 0 Å². The second kappa shape index (κ2) is 5.13. The average Bonchev–Trinajstić information content (AvgIpc) is 2.18. The summed E-state index contributed by atoms with van der Waals surface area (Å²) >= 11 is 0. The van der Waals surface area contributed by atoms with Gasteiger partial charge in [-0.1, -0.05) is 19.8 Å². The fourth-order valence-corrected chi connectivity index (χ4v) is 2.54. The SMILES string of the molecule is CCCC(O)C1CCCC(C)(OC)C1. The van der Waals surface area contributed by atoms with Crippen LogP contribution in [0.4, 0.5) is 0 Å². The normalized spacial score (nSPS) is 35.6. The van der Waals surface area contributed by atoms with Gasteiger partial charge in [-0.2, -0.15) is 0 Å². The van der Waals surface area contributed by atoms with Gasteiger partial charge in [0.05, 0.1) is 11.7 Å². The molecule has 84 valence electrons. The molecule has 1 saturated carbocycles. The third kappa shape index (κ3) is 2.96. The topological polar surface area (TPSA) is 29.5 Å². The summed E-state index contributed by atoms with van der Waals surface area (Å²) in [5, 5.41) is 9.95. The summed E-state index contributed by atoms with van der Waals surface area (Å²) in [5.41, 5.74) is 0.0115. The van der Waals surface area contributed by atoms with E-state index in [1.165, 1.54) is 12.8 Å². The van der Waals surface area contributed by atoms with E-state index in [1.54, 1.807) is 7.11 Å². The van der Waals surface area contributed by atoms with Gasteiger partial charge in [-0.15, -0.1) is 0 Å². The summed E-state index contributed by atoms with van der Waals surface area (Å²) in [5.74, 6) is 0.452. The Labute approximate surface area is 87.7 Å². The summed E-state index contributed by atoms with van der Waals surface area (Å²) in [6.45, 7) is 4.29. The molecule has 1 aliphatic carbocycles. The zero-order chi connectivity index (χ0) is 10.6. The third-order valence-corrected chi connectivity index (χ3v) is 3.60. The Bertz CT molecular complexity index is 170. The van der Waals surface area contributed by atoms with Crippen LogP contribution in [0.1, 0.15) is 52.4 Å². The van der Waals surface area contributed by atoms with E-state index >= 15 is 0 Å². The quantitative estimate of drug-likeness (QED) is 0.756. The van der Waals surface area contributed by atoms with Crippen molar-refractivity contribution in [1.29, 1.82) is 0 Å². The van der Waals surface area contributed by atoms with E-state index in [2.05, 4.69) is 13.8 Å². The molecule has 2 heteroatoms. The third-order valence-electron chi connectivity index (χ3n) is 3.60. The minimum Gasteiger partial charge on any atom is -0.393 e. The Morgan fingerprint density at radius 3 is 2.86 bits per heavy atom. The first-order valence-corrected chi connectivity index (χ1v) is 5.84. The maximum Gasteiger partial charge on any atom is 0.0654 e. The van der Waals surface area contributed by atoms with E-state index in [4.69, 9.17) is 4.74 Å². The molecule has 1 fully saturated rings. The predicted octanol–water partition coefficient (Wildman–Crippen LogP) is 2.74. The maximum absolute atomic E-state index is 9.95. The molecule has 3 atom stereocenters. The van der Waals surface area contributed by atoms with Gasteiger partial charge in [0.15, 0.2) is 0 Å². The average molecular weight is 200 g/mol. The van der Waals surface area contributed by atoms with Crippen molar-refractivity contribution in [3.8, 4) is 0 Å². The highest BCUT2D eigenvalue weighted by Gasteiger charge is 2.34. The highest BCUT2D eigenvalue weighted by atomic mass is 16.5. The minimum atomic E-state index is -0.116. The van der Waals surface area contributed by atoms with Gasteiger partial charge in [0.1, 0.15) is 0 Å². The number of aliphatic hydroxyl groups excluding tert-OH is 1. The first-order chi connectivity index (χ1) is 6.61. The molecule has 0 spiro atoms. The molecule has 1 rings (SSSR count). The molecule has 2 nitrogen and oxygen atoms in total. The van der Waals surface area contributed by atoms with Crippen LogP contribution >= 0.6 is 0 Å². The Kier molecular flexibility index (Phi) is 4.39. The van der Waals surface area contributed by atoms with Crippen molar-refractivity contribution in [2.45, 2.75) is 64.1 Å². The highest BCUT2D eigenvalue weighted by Crippen LogP contribution is 2.36. The summed E-state index contributed by atoms with van der Waals surface area (Å²) in [6, 6.07) is 0. The predicted molar refractivity (Wildman–Crippen MR) is 58.3 cm³/mol. The Hall–Kier alpha value is -0.0800. The molecule has 0 aromatic carbocycles. The largest absolute Gasteiger partial charge is 0.393 e. The van der Waals surface area contributed by atoms with Gasteiger partial charge in [0.25, 0.3) is 0 Å². The van der Waals surface area contributed by atoms with Crippen LogP contribution < -0.4 is 0 Å². The van der Waals surface area contributed by atoms with Crippen LogP contribution in [0.5, 0.6) is 0 Å². The summed E-state index contributed by atoms with van der Waals surface area (Å²) < 4.78 is 5.53. The molecule has 14 heavy (non-hydrogen) atoms. The zero-order valence-electron chi connectivity index (χ0n) is 9.75. The second-order valence-electron chi connectivity index (χ2n) is 4.87. The van der Waals surface area contributed by atoms with Gasteiger partial charge >= 0.3 is 0 Å². The smallest absolute Gasteiger partial charge is 0.0654 e. The second-order valence-corrected chi connectivity index (χ2v) is 4.87. The number of ether oxygens (including phenoxy) is 1. The van der Waals surface area contributed by atoms with Crippen LogP contribution in [-0.2, 0) is 4.74 Å². The number of methoxy groups -OCH3 is 1. The molecule has 0 aliphatic heterocycles. The molecule has 0 aromatic rings. The summed E-state index contributed by atoms with van der Waals surface area (Å²) in [4.78, 5) is 0. The van der Waals surface area contributed by atoms with Gasteiger partial charge in [0, 0.05) is 7.11 Å². The monoisotopic (exact) mass is 200 g/mol. The van der Waals surface area contributed by atoms with Crippen LogP contribution in [0.25, 0.3) is 0 Å². The number of aliphatic hydroxyl groups is 1. The number of hydrogen-bond donors (Lipinski definition) is 1. The van der Waals surface area contributed by atoms with Gasteiger partial charge in [-0.05, 0) is 38.5 Å². The van der Waals surface area contributed by atoms with Crippen molar-refractivity contribution in [3.05, 3.63) is 0 Å². The lowest BCUT2D eigenvalue weighted by Crippen LogP contribution is -2.38.